The van der Waals surface area contributed by atoms with Crippen LogP contribution in [0.1, 0.15) is 51.3 Å². The van der Waals surface area contributed by atoms with Crippen molar-refractivity contribution in [2.45, 2.75) is 63.8 Å². The maximum atomic E-state index is 6.04. The van der Waals surface area contributed by atoms with Gasteiger partial charge in [-0.3, -0.25) is 0 Å². The van der Waals surface area contributed by atoms with Crippen LogP contribution in [0, 0.1) is 0 Å². The molecular weight excluding hydrogens is 264 g/mol. The molecule has 0 radical (unpaired) electrons. The Hall–Kier alpha value is -0.870. The predicted octanol–water partition coefficient (Wildman–Crippen LogP) is 3.34. The van der Waals surface area contributed by atoms with E-state index in [0.29, 0.717) is 17.0 Å². The third kappa shape index (κ3) is 3.37. The van der Waals surface area contributed by atoms with Gasteiger partial charge in [0.2, 0.25) is 5.88 Å². The zero-order valence-electron chi connectivity index (χ0n) is 11.3. The summed E-state index contributed by atoms with van der Waals surface area (Å²) in [7, 11) is 0. The van der Waals surface area contributed by atoms with E-state index in [2.05, 4.69) is 23.8 Å². The topological polar surface area (TPSA) is 44.2 Å². The monoisotopic (exact) mass is 282 g/mol. The predicted molar refractivity (Wildman–Crippen MR) is 72.7 cm³/mol. The van der Waals surface area contributed by atoms with Crippen LogP contribution in [0.2, 0.25) is 5.15 Å². The molecule has 1 saturated heterocycles. The Balaban J connectivity index is 1.71. The molecule has 104 valence electrons. The van der Waals surface area contributed by atoms with Gasteiger partial charge >= 0.3 is 0 Å². The lowest BCUT2D eigenvalue weighted by atomic mass is 10.0. The van der Waals surface area contributed by atoms with Crippen molar-refractivity contribution in [3.8, 4) is 5.88 Å². The Bertz CT molecular complexity index is 455. The SMILES string of the molecule is CC1CC(Oc2cc(Cl)nc(C3CC3)n2)CC(C)O1. The van der Waals surface area contributed by atoms with Gasteiger partial charge in [-0.2, -0.15) is 4.98 Å². The molecule has 2 heterocycles. The molecule has 0 amide bonds. The highest BCUT2D eigenvalue weighted by Crippen LogP contribution is 2.39. The highest BCUT2D eigenvalue weighted by atomic mass is 35.5. The minimum Gasteiger partial charge on any atom is -0.474 e. The van der Waals surface area contributed by atoms with Gasteiger partial charge in [-0.15, -0.1) is 0 Å². The van der Waals surface area contributed by atoms with Gasteiger partial charge in [0.05, 0.1) is 12.2 Å². The first kappa shape index (κ1) is 13.1. The number of hydrogen-bond acceptors (Lipinski definition) is 4. The lowest BCUT2D eigenvalue weighted by Gasteiger charge is -2.31. The highest BCUT2D eigenvalue weighted by Gasteiger charge is 2.29. The van der Waals surface area contributed by atoms with Crippen LogP contribution in [0.15, 0.2) is 6.07 Å². The molecule has 0 bridgehead atoms. The van der Waals surface area contributed by atoms with E-state index in [-0.39, 0.29) is 18.3 Å². The number of halogens is 1. The quantitative estimate of drug-likeness (QED) is 0.798. The van der Waals surface area contributed by atoms with Crippen molar-refractivity contribution in [2.24, 2.45) is 0 Å². The van der Waals surface area contributed by atoms with Gasteiger partial charge in [0, 0.05) is 24.8 Å². The van der Waals surface area contributed by atoms with E-state index in [0.717, 1.165) is 31.5 Å². The molecule has 2 aliphatic rings. The average Bonchev–Trinajstić information content (AvgIpc) is 3.09. The largest absolute Gasteiger partial charge is 0.474 e. The first-order valence-electron chi connectivity index (χ1n) is 6.96. The molecule has 0 spiro atoms. The van der Waals surface area contributed by atoms with Gasteiger partial charge in [-0.1, -0.05) is 11.6 Å². The third-order valence-corrected chi connectivity index (χ3v) is 3.77. The Morgan fingerprint density at radius 3 is 2.53 bits per heavy atom. The van der Waals surface area contributed by atoms with E-state index in [9.17, 15) is 0 Å². The fraction of sp³-hybridized carbons (Fsp3) is 0.714. The molecule has 0 aromatic carbocycles. The molecule has 1 saturated carbocycles. The smallest absolute Gasteiger partial charge is 0.218 e. The van der Waals surface area contributed by atoms with Crippen molar-refractivity contribution in [2.75, 3.05) is 0 Å². The second-order valence-corrected chi connectivity index (χ2v) is 6.02. The van der Waals surface area contributed by atoms with Crippen LogP contribution in [0.4, 0.5) is 0 Å². The van der Waals surface area contributed by atoms with Crippen LogP contribution in [0.3, 0.4) is 0 Å². The van der Waals surface area contributed by atoms with Crippen LogP contribution in [0.5, 0.6) is 5.88 Å². The van der Waals surface area contributed by atoms with Crippen molar-refractivity contribution in [1.29, 1.82) is 0 Å². The lowest BCUT2D eigenvalue weighted by Crippen LogP contribution is -2.35. The Morgan fingerprint density at radius 1 is 1.21 bits per heavy atom. The number of aromatic nitrogens is 2. The van der Waals surface area contributed by atoms with Gasteiger partial charge in [0.1, 0.15) is 17.1 Å². The van der Waals surface area contributed by atoms with Crippen LogP contribution in [-0.2, 0) is 4.74 Å². The van der Waals surface area contributed by atoms with E-state index in [1.54, 1.807) is 6.07 Å². The molecule has 5 heteroatoms. The Labute approximate surface area is 118 Å². The van der Waals surface area contributed by atoms with Gasteiger partial charge in [-0.25, -0.2) is 4.98 Å². The summed E-state index contributed by atoms with van der Waals surface area (Å²) in [4.78, 5) is 8.75. The van der Waals surface area contributed by atoms with Gasteiger partial charge < -0.3 is 9.47 Å². The zero-order valence-corrected chi connectivity index (χ0v) is 12.1. The Kier molecular flexibility index (Phi) is 3.63. The number of ether oxygens (including phenoxy) is 2. The van der Waals surface area contributed by atoms with Crippen molar-refractivity contribution < 1.29 is 9.47 Å². The highest BCUT2D eigenvalue weighted by molar-refractivity contribution is 6.29. The molecule has 2 atom stereocenters. The lowest BCUT2D eigenvalue weighted by molar-refractivity contribution is -0.0730. The van der Waals surface area contributed by atoms with Crippen LogP contribution < -0.4 is 4.74 Å². The Morgan fingerprint density at radius 2 is 1.89 bits per heavy atom. The van der Waals surface area contributed by atoms with Gasteiger partial charge in [0.15, 0.2) is 0 Å². The minimum absolute atomic E-state index is 0.150. The normalized spacial score (nSPS) is 31.2. The molecule has 1 aromatic heterocycles. The summed E-state index contributed by atoms with van der Waals surface area (Å²) in [5.74, 6) is 1.91. The molecule has 1 aliphatic carbocycles. The van der Waals surface area contributed by atoms with E-state index in [1.807, 2.05) is 0 Å². The molecule has 2 unspecified atom stereocenters. The van der Waals surface area contributed by atoms with E-state index in [1.165, 1.54) is 0 Å². The standard InChI is InChI=1S/C14H19ClN2O2/c1-8-5-11(6-9(2)18-8)19-13-7-12(15)16-14(17-13)10-3-4-10/h7-11H,3-6H2,1-2H3. The van der Waals surface area contributed by atoms with Crippen molar-refractivity contribution in [1.82, 2.24) is 9.97 Å². The molecular formula is C14H19ClN2O2. The van der Waals surface area contributed by atoms with Crippen molar-refractivity contribution >= 4 is 11.6 Å². The maximum absolute atomic E-state index is 6.04. The van der Waals surface area contributed by atoms with Gasteiger partial charge in [-0.05, 0) is 26.7 Å². The molecule has 3 rings (SSSR count). The molecule has 0 N–H and O–H groups in total. The summed E-state index contributed by atoms with van der Waals surface area (Å²) in [5, 5.41) is 0.472. The van der Waals surface area contributed by atoms with E-state index >= 15 is 0 Å². The fourth-order valence-corrected chi connectivity index (χ4v) is 2.79. The first-order chi connectivity index (χ1) is 9.10. The molecule has 4 nitrogen and oxygen atoms in total. The average molecular weight is 283 g/mol. The summed E-state index contributed by atoms with van der Waals surface area (Å²) < 4.78 is 11.7. The molecule has 1 aliphatic heterocycles. The third-order valence-electron chi connectivity index (χ3n) is 3.57. The molecule has 1 aromatic rings. The summed E-state index contributed by atoms with van der Waals surface area (Å²) >= 11 is 6.04. The summed E-state index contributed by atoms with van der Waals surface area (Å²) in [6, 6.07) is 1.71. The fourth-order valence-electron chi connectivity index (χ4n) is 2.61. The summed E-state index contributed by atoms with van der Waals surface area (Å²) in [5.41, 5.74) is 0. The van der Waals surface area contributed by atoms with Crippen molar-refractivity contribution in [3.63, 3.8) is 0 Å². The van der Waals surface area contributed by atoms with Crippen molar-refractivity contribution in [3.05, 3.63) is 17.0 Å². The summed E-state index contributed by atoms with van der Waals surface area (Å²) in [6.07, 6.45) is 4.71. The van der Waals surface area contributed by atoms with E-state index in [4.69, 9.17) is 21.1 Å². The van der Waals surface area contributed by atoms with Crippen LogP contribution in [-0.4, -0.2) is 28.3 Å². The minimum atomic E-state index is 0.150. The summed E-state index contributed by atoms with van der Waals surface area (Å²) in [6.45, 7) is 4.16. The number of hydrogen-bond donors (Lipinski definition) is 0. The van der Waals surface area contributed by atoms with Gasteiger partial charge in [0.25, 0.3) is 0 Å². The number of rotatable bonds is 3. The number of nitrogens with zero attached hydrogens (tertiary/aromatic N) is 2. The maximum Gasteiger partial charge on any atom is 0.218 e. The second-order valence-electron chi connectivity index (χ2n) is 5.63. The first-order valence-corrected chi connectivity index (χ1v) is 7.34. The van der Waals surface area contributed by atoms with Crippen LogP contribution in [0.25, 0.3) is 0 Å². The van der Waals surface area contributed by atoms with E-state index < -0.39 is 0 Å². The molecule has 2 fully saturated rings. The van der Waals surface area contributed by atoms with Crippen LogP contribution >= 0.6 is 11.6 Å². The zero-order chi connectivity index (χ0) is 13.4. The molecule has 19 heavy (non-hydrogen) atoms. The second kappa shape index (κ2) is 5.25.